The van der Waals surface area contributed by atoms with Gasteiger partial charge >= 0.3 is 12.1 Å². The van der Waals surface area contributed by atoms with E-state index in [1.807, 2.05) is 55.5 Å². The third kappa shape index (κ3) is 4.59. The molecule has 0 saturated carbocycles. The first-order valence-corrected chi connectivity index (χ1v) is 11.3. The molecule has 2 unspecified atom stereocenters. The first kappa shape index (κ1) is 23.3. The van der Waals surface area contributed by atoms with Crippen molar-refractivity contribution in [3.05, 3.63) is 59.7 Å². The Hall–Kier alpha value is -3.88. The van der Waals surface area contributed by atoms with E-state index in [-0.39, 0.29) is 19.1 Å². The Morgan fingerprint density at radius 3 is 2.29 bits per heavy atom. The fourth-order valence-corrected chi connectivity index (χ4v) is 4.61. The molecule has 1 aliphatic carbocycles. The van der Waals surface area contributed by atoms with E-state index in [2.05, 4.69) is 16.0 Å². The van der Waals surface area contributed by atoms with Gasteiger partial charge in [-0.15, -0.1) is 0 Å². The van der Waals surface area contributed by atoms with Crippen molar-refractivity contribution in [1.82, 2.24) is 16.0 Å². The highest BCUT2D eigenvalue weighted by Crippen LogP contribution is 2.44. The molecule has 2 aromatic rings. The third-order valence-electron chi connectivity index (χ3n) is 6.33. The van der Waals surface area contributed by atoms with Crippen LogP contribution in [-0.2, 0) is 19.1 Å². The fraction of sp³-hybridized carbons (Fsp3) is 0.360. The van der Waals surface area contributed by atoms with Crippen LogP contribution in [0.25, 0.3) is 11.1 Å². The fourth-order valence-electron chi connectivity index (χ4n) is 4.61. The highest BCUT2D eigenvalue weighted by molar-refractivity contribution is 5.96. The Kier molecular flexibility index (Phi) is 6.81. The molecule has 9 nitrogen and oxygen atoms in total. The number of hydrogen-bond acceptors (Lipinski definition) is 5. The molecule has 3 amide bonds. The summed E-state index contributed by atoms with van der Waals surface area (Å²) in [6.45, 7) is 1.89. The summed E-state index contributed by atoms with van der Waals surface area (Å²) in [5.41, 5.74) is 4.37. The molecule has 0 spiro atoms. The smallest absolute Gasteiger partial charge is 0.407 e. The number of carbonyl (C=O) groups excluding carboxylic acids is 3. The van der Waals surface area contributed by atoms with Crippen LogP contribution in [-0.4, -0.2) is 54.2 Å². The molecular weight excluding hydrogens is 438 g/mol. The predicted molar refractivity (Wildman–Crippen MR) is 123 cm³/mol. The second kappa shape index (κ2) is 9.94. The van der Waals surface area contributed by atoms with E-state index < -0.39 is 41.9 Å². The number of benzene rings is 2. The van der Waals surface area contributed by atoms with Crippen LogP contribution in [0, 0.1) is 5.92 Å². The monoisotopic (exact) mass is 465 g/mol. The standard InChI is InChI=1S/C25H27N3O6/c1-2-7-20(22(29)28-21-18(24(31)32)12-26-23(21)30)27-25(33)34-13-19-16-10-5-3-8-14(16)15-9-4-6-11-17(15)19/h3-6,8-11,18-21H,2,7,12-13H2,1H3,(H,26,30)(H,27,33)(H,28,29)(H,31,32)/t18?,20-,21?/m1/s1. The Bertz CT molecular complexity index is 1070. The number of alkyl carbamates (subject to hydrolysis) is 1. The van der Waals surface area contributed by atoms with E-state index in [9.17, 15) is 24.3 Å². The van der Waals surface area contributed by atoms with Crippen LogP contribution in [0.1, 0.15) is 36.8 Å². The quantitative estimate of drug-likeness (QED) is 0.471. The Morgan fingerprint density at radius 2 is 1.71 bits per heavy atom. The summed E-state index contributed by atoms with van der Waals surface area (Å²) >= 11 is 0. The van der Waals surface area contributed by atoms with Gasteiger partial charge in [-0.25, -0.2) is 4.79 Å². The van der Waals surface area contributed by atoms with Gasteiger partial charge in [0.05, 0.1) is 0 Å². The average Bonchev–Trinajstić information content (AvgIpc) is 3.35. The molecule has 1 saturated heterocycles. The number of nitrogens with one attached hydrogen (secondary N) is 3. The summed E-state index contributed by atoms with van der Waals surface area (Å²) in [6.07, 6.45) is 0.143. The summed E-state index contributed by atoms with van der Waals surface area (Å²) < 4.78 is 5.51. The lowest BCUT2D eigenvalue weighted by molar-refractivity contribution is -0.143. The summed E-state index contributed by atoms with van der Waals surface area (Å²) in [6, 6.07) is 13.8. The number of fused-ring (bicyclic) bond motifs is 3. The van der Waals surface area contributed by atoms with Gasteiger partial charge in [-0.3, -0.25) is 14.4 Å². The average molecular weight is 466 g/mol. The molecular formula is C25H27N3O6. The predicted octanol–water partition coefficient (Wildman–Crippen LogP) is 2.01. The van der Waals surface area contributed by atoms with E-state index >= 15 is 0 Å². The van der Waals surface area contributed by atoms with Gasteiger partial charge in [0.25, 0.3) is 0 Å². The molecule has 2 aromatic carbocycles. The molecule has 34 heavy (non-hydrogen) atoms. The summed E-state index contributed by atoms with van der Waals surface area (Å²) in [5.74, 6) is -3.54. The number of rotatable bonds is 8. The number of aliphatic carboxylic acids is 1. The van der Waals surface area contributed by atoms with Crippen LogP contribution in [0.4, 0.5) is 4.79 Å². The number of carboxylic acids is 1. The number of carbonyl (C=O) groups is 4. The van der Waals surface area contributed by atoms with Crippen LogP contribution in [0.3, 0.4) is 0 Å². The van der Waals surface area contributed by atoms with Gasteiger partial charge in [0.1, 0.15) is 24.6 Å². The molecule has 3 atom stereocenters. The molecule has 1 aliphatic heterocycles. The van der Waals surface area contributed by atoms with E-state index in [0.29, 0.717) is 12.8 Å². The first-order chi connectivity index (χ1) is 16.4. The van der Waals surface area contributed by atoms with Crippen LogP contribution in [0.15, 0.2) is 48.5 Å². The molecule has 1 heterocycles. The van der Waals surface area contributed by atoms with Crippen LogP contribution in [0.5, 0.6) is 0 Å². The minimum absolute atomic E-state index is 0.0582. The van der Waals surface area contributed by atoms with Gasteiger partial charge in [-0.1, -0.05) is 61.9 Å². The minimum atomic E-state index is -1.19. The minimum Gasteiger partial charge on any atom is -0.481 e. The van der Waals surface area contributed by atoms with Gasteiger partial charge in [0.2, 0.25) is 11.8 Å². The summed E-state index contributed by atoms with van der Waals surface area (Å²) in [4.78, 5) is 48.7. The van der Waals surface area contributed by atoms with Crippen molar-refractivity contribution in [2.75, 3.05) is 13.2 Å². The Morgan fingerprint density at radius 1 is 1.09 bits per heavy atom. The number of carboxylic acid groups (broad SMARTS) is 1. The zero-order valence-corrected chi connectivity index (χ0v) is 18.7. The van der Waals surface area contributed by atoms with Crippen molar-refractivity contribution in [1.29, 1.82) is 0 Å². The van der Waals surface area contributed by atoms with Gasteiger partial charge in [-0.05, 0) is 28.7 Å². The van der Waals surface area contributed by atoms with Crippen molar-refractivity contribution >= 4 is 23.9 Å². The normalized spacial score (nSPS) is 19.5. The molecule has 4 rings (SSSR count). The van der Waals surface area contributed by atoms with Crippen molar-refractivity contribution in [3.8, 4) is 11.1 Å². The number of amides is 3. The van der Waals surface area contributed by atoms with Crippen LogP contribution < -0.4 is 16.0 Å². The maximum Gasteiger partial charge on any atom is 0.407 e. The van der Waals surface area contributed by atoms with Crippen LogP contribution >= 0.6 is 0 Å². The lowest BCUT2D eigenvalue weighted by Crippen LogP contribution is -2.53. The zero-order chi connectivity index (χ0) is 24.2. The summed E-state index contributed by atoms with van der Waals surface area (Å²) in [5, 5.41) is 16.8. The molecule has 0 aromatic heterocycles. The largest absolute Gasteiger partial charge is 0.481 e. The van der Waals surface area contributed by atoms with E-state index in [1.165, 1.54) is 0 Å². The Labute approximate surface area is 196 Å². The first-order valence-electron chi connectivity index (χ1n) is 11.3. The number of ether oxygens (including phenoxy) is 1. The molecule has 4 N–H and O–H groups in total. The van der Waals surface area contributed by atoms with Crippen molar-refractivity contribution in [2.45, 2.75) is 37.8 Å². The van der Waals surface area contributed by atoms with Gasteiger partial charge in [-0.2, -0.15) is 0 Å². The van der Waals surface area contributed by atoms with Gasteiger partial charge in [0.15, 0.2) is 0 Å². The van der Waals surface area contributed by atoms with Crippen molar-refractivity contribution < 1.29 is 29.0 Å². The number of hydrogen-bond donors (Lipinski definition) is 4. The highest BCUT2D eigenvalue weighted by atomic mass is 16.5. The third-order valence-corrected chi connectivity index (χ3v) is 6.33. The molecule has 0 bridgehead atoms. The topological polar surface area (TPSA) is 134 Å². The Balaban J connectivity index is 1.39. The van der Waals surface area contributed by atoms with E-state index in [0.717, 1.165) is 22.3 Å². The maximum absolute atomic E-state index is 12.8. The molecule has 2 aliphatic rings. The van der Waals surface area contributed by atoms with Crippen LogP contribution in [0.2, 0.25) is 0 Å². The van der Waals surface area contributed by atoms with Gasteiger partial charge < -0.3 is 25.8 Å². The zero-order valence-electron chi connectivity index (χ0n) is 18.7. The SMILES string of the molecule is CCC[C@@H](NC(=O)OCC1c2ccccc2-c2ccccc21)C(=O)NC1C(=O)NCC1C(=O)O. The second-order valence-electron chi connectivity index (χ2n) is 8.49. The highest BCUT2D eigenvalue weighted by Gasteiger charge is 2.41. The second-order valence-corrected chi connectivity index (χ2v) is 8.49. The molecule has 9 heteroatoms. The van der Waals surface area contributed by atoms with Crippen molar-refractivity contribution in [3.63, 3.8) is 0 Å². The molecule has 0 radical (unpaired) electrons. The van der Waals surface area contributed by atoms with E-state index in [1.54, 1.807) is 0 Å². The molecule has 1 fully saturated rings. The van der Waals surface area contributed by atoms with Crippen molar-refractivity contribution in [2.24, 2.45) is 5.92 Å². The van der Waals surface area contributed by atoms with E-state index in [4.69, 9.17) is 4.74 Å². The summed E-state index contributed by atoms with van der Waals surface area (Å²) in [7, 11) is 0. The van der Waals surface area contributed by atoms with Gasteiger partial charge in [0, 0.05) is 12.5 Å². The maximum atomic E-state index is 12.8. The lowest BCUT2D eigenvalue weighted by Gasteiger charge is -2.22. The lowest BCUT2D eigenvalue weighted by atomic mass is 9.98. The molecule has 178 valence electrons.